The van der Waals surface area contributed by atoms with E-state index in [1.807, 2.05) is 0 Å². The molecule has 0 fully saturated rings. The molecule has 1 aromatic heterocycles. The van der Waals surface area contributed by atoms with Gasteiger partial charge in [0.05, 0.1) is 20.4 Å². The summed E-state index contributed by atoms with van der Waals surface area (Å²) in [6.45, 7) is 0. The smallest absolute Gasteiger partial charge is 0.349 e. The highest BCUT2D eigenvalue weighted by molar-refractivity contribution is 7.14. The van der Waals surface area contributed by atoms with Crippen molar-refractivity contribution in [1.82, 2.24) is 4.98 Å². The van der Waals surface area contributed by atoms with Crippen LogP contribution in [-0.4, -0.2) is 25.2 Å². The molecule has 0 spiro atoms. The molecule has 0 amide bonds. The highest BCUT2D eigenvalue weighted by Crippen LogP contribution is 2.20. The number of hydrogen-bond acceptors (Lipinski definition) is 5. The monoisotopic (exact) mass is 293 g/mol. The number of esters is 1. The van der Waals surface area contributed by atoms with Crippen LogP contribution in [0, 0.1) is 5.82 Å². The number of methoxy groups -OCH3 is 2. The number of thiazole rings is 1. The predicted octanol–water partition coefficient (Wildman–Crippen LogP) is 3.25. The second kappa shape index (κ2) is 6.29. The Morgan fingerprint density at radius 1 is 1.35 bits per heavy atom. The van der Waals surface area contributed by atoms with E-state index in [-0.39, 0.29) is 5.75 Å². The van der Waals surface area contributed by atoms with Gasteiger partial charge >= 0.3 is 5.97 Å². The Labute approximate surface area is 119 Å². The van der Waals surface area contributed by atoms with Crippen LogP contribution in [0.1, 0.15) is 20.2 Å². The third-order valence-electron chi connectivity index (χ3n) is 2.50. The van der Waals surface area contributed by atoms with E-state index < -0.39 is 11.8 Å². The van der Waals surface area contributed by atoms with Crippen molar-refractivity contribution in [2.75, 3.05) is 14.2 Å². The van der Waals surface area contributed by atoms with Crippen molar-refractivity contribution < 1.29 is 18.7 Å². The van der Waals surface area contributed by atoms with Gasteiger partial charge in [-0.05, 0) is 23.8 Å². The van der Waals surface area contributed by atoms with Gasteiger partial charge < -0.3 is 9.47 Å². The minimum atomic E-state index is -0.427. The van der Waals surface area contributed by atoms with Crippen LogP contribution in [0.25, 0.3) is 12.2 Å². The van der Waals surface area contributed by atoms with Gasteiger partial charge in [0, 0.05) is 0 Å². The number of nitrogens with zero attached hydrogens (tertiary/aromatic N) is 1. The number of ether oxygens (including phenoxy) is 2. The van der Waals surface area contributed by atoms with Gasteiger partial charge in [0.15, 0.2) is 11.6 Å². The first-order valence-corrected chi connectivity index (χ1v) is 6.51. The highest BCUT2D eigenvalue weighted by Gasteiger charge is 2.08. The zero-order valence-electron chi connectivity index (χ0n) is 10.9. The fourth-order valence-corrected chi connectivity index (χ4v) is 2.25. The van der Waals surface area contributed by atoms with Gasteiger partial charge in [-0.2, -0.15) is 0 Å². The SMILES string of the molecule is COC(=O)c1cnc(/C=C/c2ccc(OC)c(F)c2)s1. The van der Waals surface area contributed by atoms with E-state index in [0.29, 0.717) is 15.4 Å². The van der Waals surface area contributed by atoms with Crippen molar-refractivity contribution in [2.45, 2.75) is 0 Å². The lowest BCUT2D eigenvalue weighted by Gasteiger charge is -2.01. The lowest BCUT2D eigenvalue weighted by atomic mass is 10.2. The van der Waals surface area contributed by atoms with E-state index in [2.05, 4.69) is 9.72 Å². The molecule has 104 valence electrons. The molecule has 0 saturated heterocycles. The van der Waals surface area contributed by atoms with Gasteiger partial charge in [-0.3, -0.25) is 0 Å². The van der Waals surface area contributed by atoms with E-state index in [1.165, 1.54) is 37.8 Å². The van der Waals surface area contributed by atoms with Crippen molar-refractivity contribution in [3.05, 3.63) is 45.7 Å². The molecule has 0 saturated carbocycles. The third kappa shape index (κ3) is 3.21. The lowest BCUT2D eigenvalue weighted by Crippen LogP contribution is -1.96. The number of hydrogen-bond donors (Lipinski definition) is 0. The second-order valence-electron chi connectivity index (χ2n) is 3.78. The van der Waals surface area contributed by atoms with Gasteiger partial charge in [0.25, 0.3) is 0 Å². The predicted molar refractivity (Wildman–Crippen MR) is 75.3 cm³/mol. The van der Waals surface area contributed by atoms with Crippen molar-refractivity contribution in [3.8, 4) is 5.75 Å². The maximum absolute atomic E-state index is 13.5. The standard InChI is InChI=1S/C14H12FNO3S/c1-18-11-5-3-9(7-10(11)15)4-6-13-16-8-12(20-13)14(17)19-2/h3-8H,1-2H3/b6-4+. The van der Waals surface area contributed by atoms with Crippen LogP contribution in [0.2, 0.25) is 0 Å². The normalized spacial score (nSPS) is 10.8. The van der Waals surface area contributed by atoms with Gasteiger partial charge in [0.2, 0.25) is 0 Å². The van der Waals surface area contributed by atoms with Crippen LogP contribution < -0.4 is 4.74 Å². The fourth-order valence-electron chi connectivity index (χ4n) is 1.51. The topological polar surface area (TPSA) is 48.4 Å². The van der Waals surface area contributed by atoms with Crippen LogP contribution in [0.15, 0.2) is 24.4 Å². The molecule has 2 aromatic rings. The number of aromatic nitrogens is 1. The quantitative estimate of drug-likeness (QED) is 0.812. The van der Waals surface area contributed by atoms with Crippen LogP contribution in [0.3, 0.4) is 0 Å². The molecule has 0 unspecified atom stereocenters. The Hall–Kier alpha value is -2.21. The summed E-state index contributed by atoms with van der Waals surface area (Å²) < 4.78 is 22.9. The molecule has 0 bridgehead atoms. The van der Waals surface area contributed by atoms with Crippen LogP contribution in [0.4, 0.5) is 4.39 Å². The van der Waals surface area contributed by atoms with E-state index in [4.69, 9.17) is 4.74 Å². The molecule has 2 rings (SSSR count). The van der Waals surface area contributed by atoms with Gasteiger partial charge in [0.1, 0.15) is 9.88 Å². The molecule has 6 heteroatoms. The van der Waals surface area contributed by atoms with E-state index in [0.717, 1.165) is 0 Å². The highest BCUT2D eigenvalue weighted by atomic mass is 32.1. The number of halogens is 1. The number of rotatable bonds is 4. The summed E-state index contributed by atoms with van der Waals surface area (Å²) in [5.41, 5.74) is 0.679. The van der Waals surface area contributed by atoms with Crippen molar-refractivity contribution in [2.24, 2.45) is 0 Å². The van der Waals surface area contributed by atoms with Crippen molar-refractivity contribution in [1.29, 1.82) is 0 Å². The zero-order chi connectivity index (χ0) is 14.5. The van der Waals surface area contributed by atoms with E-state index >= 15 is 0 Å². The Kier molecular flexibility index (Phi) is 4.47. The largest absolute Gasteiger partial charge is 0.494 e. The summed E-state index contributed by atoms with van der Waals surface area (Å²) in [7, 11) is 2.73. The molecule has 0 radical (unpaired) electrons. The van der Waals surface area contributed by atoms with Crippen molar-refractivity contribution in [3.63, 3.8) is 0 Å². The fraction of sp³-hybridized carbons (Fsp3) is 0.143. The summed E-state index contributed by atoms with van der Waals surface area (Å²) in [6.07, 6.45) is 4.87. The number of carbonyl (C=O) groups is 1. The first-order valence-electron chi connectivity index (χ1n) is 5.70. The molecular weight excluding hydrogens is 281 g/mol. The van der Waals surface area contributed by atoms with Crippen LogP contribution in [-0.2, 0) is 4.74 Å². The molecule has 0 aliphatic carbocycles. The number of benzene rings is 1. The Morgan fingerprint density at radius 3 is 2.80 bits per heavy atom. The van der Waals surface area contributed by atoms with Crippen molar-refractivity contribution >= 4 is 29.5 Å². The zero-order valence-corrected chi connectivity index (χ0v) is 11.7. The molecule has 0 aliphatic heterocycles. The van der Waals surface area contributed by atoms with Crippen LogP contribution >= 0.6 is 11.3 Å². The maximum Gasteiger partial charge on any atom is 0.349 e. The molecule has 1 heterocycles. The van der Waals surface area contributed by atoms with E-state index in [9.17, 15) is 9.18 Å². The van der Waals surface area contributed by atoms with Crippen LogP contribution in [0.5, 0.6) is 5.75 Å². The van der Waals surface area contributed by atoms with Gasteiger partial charge in [-0.15, -0.1) is 11.3 Å². The first-order chi connectivity index (χ1) is 9.63. The Balaban J connectivity index is 2.15. The molecule has 4 nitrogen and oxygen atoms in total. The Morgan fingerprint density at radius 2 is 2.15 bits per heavy atom. The minimum Gasteiger partial charge on any atom is -0.494 e. The summed E-state index contributed by atoms with van der Waals surface area (Å²) in [6, 6.07) is 4.65. The molecule has 0 atom stereocenters. The molecule has 1 aromatic carbocycles. The summed E-state index contributed by atoms with van der Waals surface area (Å²) in [5.74, 6) is -0.647. The maximum atomic E-state index is 13.5. The average molecular weight is 293 g/mol. The second-order valence-corrected chi connectivity index (χ2v) is 4.84. The number of carbonyl (C=O) groups excluding carboxylic acids is 1. The Bertz CT molecular complexity index is 652. The molecule has 0 N–H and O–H groups in total. The average Bonchev–Trinajstić information content (AvgIpc) is 2.93. The minimum absolute atomic E-state index is 0.198. The molecular formula is C14H12FNO3S. The first kappa shape index (κ1) is 14.2. The van der Waals surface area contributed by atoms with Gasteiger partial charge in [-0.1, -0.05) is 12.1 Å². The summed E-state index contributed by atoms with van der Waals surface area (Å²) >= 11 is 1.21. The molecule has 0 aliphatic rings. The molecule has 20 heavy (non-hydrogen) atoms. The van der Waals surface area contributed by atoms with E-state index in [1.54, 1.807) is 24.3 Å². The summed E-state index contributed by atoms with van der Waals surface area (Å²) in [5, 5.41) is 0.640. The lowest BCUT2D eigenvalue weighted by molar-refractivity contribution is 0.0606. The third-order valence-corrected chi connectivity index (χ3v) is 3.45. The summed E-state index contributed by atoms with van der Waals surface area (Å²) in [4.78, 5) is 15.8. The van der Waals surface area contributed by atoms with Gasteiger partial charge in [-0.25, -0.2) is 14.2 Å².